The highest BCUT2D eigenvalue weighted by Gasteiger charge is 2.14. The molecular weight excluding hydrogens is 382 g/mol. The Hall–Kier alpha value is -3.92. The number of benzene rings is 2. The molecule has 0 aliphatic carbocycles. The zero-order valence-corrected chi connectivity index (χ0v) is 17.1. The van der Waals surface area contributed by atoms with E-state index < -0.39 is 18.5 Å². The van der Waals surface area contributed by atoms with Gasteiger partial charge in [0.2, 0.25) is 0 Å². The molecule has 0 aromatic heterocycles. The maximum absolute atomic E-state index is 12.1. The predicted molar refractivity (Wildman–Crippen MR) is 114 cm³/mol. The zero-order valence-electron chi connectivity index (χ0n) is 17.1. The Labute approximate surface area is 175 Å². The average Bonchev–Trinajstić information content (AvgIpc) is 2.76. The van der Waals surface area contributed by atoms with Crippen molar-refractivity contribution in [3.8, 4) is 6.07 Å². The lowest BCUT2D eigenvalue weighted by molar-refractivity contribution is -0.142. The number of amides is 2. The fourth-order valence-corrected chi connectivity index (χ4v) is 2.54. The Balaban J connectivity index is 1.93. The van der Waals surface area contributed by atoms with Crippen LogP contribution in [0.3, 0.4) is 0 Å². The van der Waals surface area contributed by atoms with Crippen molar-refractivity contribution >= 4 is 29.5 Å². The molecule has 0 aliphatic heterocycles. The second kappa shape index (κ2) is 10.6. The van der Waals surface area contributed by atoms with E-state index in [9.17, 15) is 19.6 Å². The van der Waals surface area contributed by atoms with Gasteiger partial charge < -0.3 is 15.4 Å². The summed E-state index contributed by atoms with van der Waals surface area (Å²) in [6, 6.07) is 15.5. The second-order valence-electron chi connectivity index (χ2n) is 6.77. The topological polar surface area (TPSA) is 108 Å². The van der Waals surface area contributed by atoms with Crippen LogP contribution in [0.25, 0.3) is 6.08 Å². The van der Waals surface area contributed by atoms with Crippen molar-refractivity contribution in [1.82, 2.24) is 5.32 Å². The Morgan fingerprint density at radius 3 is 2.23 bits per heavy atom. The van der Waals surface area contributed by atoms with E-state index in [0.717, 1.165) is 5.56 Å². The van der Waals surface area contributed by atoms with Crippen LogP contribution in [0.5, 0.6) is 0 Å². The molecule has 0 fully saturated rings. The van der Waals surface area contributed by atoms with Crippen LogP contribution in [0.4, 0.5) is 5.69 Å². The molecule has 0 heterocycles. The van der Waals surface area contributed by atoms with Gasteiger partial charge in [0.15, 0.2) is 6.61 Å². The van der Waals surface area contributed by atoms with E-state index >= 15 is 0 Å². The molecule has 0 atom stereocenters. The van der Waals surface area contributed by atoms with Gasteiger partial charge in [-0.05, 0) is 47.4 Å². The zero-order chi connectivity index (χ0) is 22.1. The summed E-state index contributed by atoms with van der Waals surface area (Å²) in [4.78, 5) is 35.6. The van der Waals surface area contributed by atoms with Crippen molar-refractivity contribution < 1.29 is 19.1 Å². The van der Waals surface area contributed by atoms with Gasteiger partial charge in [0.25, 0.3) is 11.8 Å². The van der Waals surface area contributed by atoms with Gasteiger partial charge in [-0.15, -0.1) is 0 Å². The molecule has 30 heavy (non-hydrogen) atoms. The fraction of sp³-hybridized carbons (Fsp3) is 0.217. The van der Waals surface area contributed by atoms with E-state index in [1.54, 1.807) is 30.3 Å². The first kappa shape index (κ1) is 22.4. The molecule has 0 unspecified atom stereocenters. The Morgan fingerprint density at radius 2 is 1.70 bits per heavy atom. The third-order valence-corrected chi connectivity index (χ3v) is 4.25. The molecule has 154 valence electrons. The first-order chi connectivity index (χ1) is 14.3. The second-order valence-corrected chi connectivity index (χ2v) is 6.77. The molecule has 0 aliphatic rings. The van der Waals surface area contributed by atoms with Crippen LogP contribution in [0.15, 0.2) is 54.1 Å². The van der Waals surface area contributed by atoms with Crippen molar-refractivity contribution in [1.29, 1.82) is 5.26 Å². The van der Waals surface area contributed by atoms with Crippen LogP contribution in [0.1, 0.15) is 41.3 Å². The van der Waals surface area contributed by atoms with Gasteiger partial charge in [-0.3, -0.25) is 9.59 Å². The molecule has 0 saturated heterocycles. The minimum Gasteiger partial charge on any atom is -0.451 e. The number of nitriles is 1. The van der Waals surface area contributed by atoms with Crippen LogP contribution < -0.4 is 10.6 Å². The summed E-state index contributed by atoms with van der Waals surface area (Å²) in [6.45, 7) is 3.61. The highest BCUT2D eigenvalue weighted by Crippen LogP contribution is 2.16. The monoisotopic (exact) mass is 405 g/mol. The van der Waals surface area contributed by atoms with Gasteiger partial charge in [-0.25, -0.2) is 4.79 Å². The average molecular weight is 405 g/mol. The van der Waals surface area contributed by atoms with E-state index in [0.29, 0.717) is 22.7 Å². The number of carbonyl (C=O) groups excluding carboxylic acids is 3. The number of rotatable bonds is 7. The molecule has 7 heteroatoms. The molecule has 2 rings (SSSR count). The van der Waals surface area contributed by atoms with Gasteiger partial charge in [0.1, 0.15) is 11.6 Å². The van der Waals surface area contributed by atoms with Crippen LogP contribution in [0, 0.1) is 11.3 Å². The van der Waals surface area contributed by atoms with E-state index in [-0.39, 0.29) is 11.5 Å². The van der Waals surface area contributed by atoms with Crippen LogP contribution in [-0.2, 0) is 14.3 Å². The van der Waals surface area contributed by atoms with Crippen molar-refractivity contribution in [2.24, 2.45) is 0 Å². The summed E-state index contributed by atoms with van der Waals surface area (Å²) in [5.41, 5.74) is 2.54. The highest BCUT2D eigenvalue weighted by atomic mass is 16.5. The molecule has 2 aromatic rings. The molecule has 7 nitrogen and oxygen atoms in total. The first-order valence-corrected chi connectivity index (χ1v) is 9.35. The van der Waals surface area contributed by atoms with Crippen molar-refractivity contribution in [3.63, 3.8) is 0 Å². The smallest absolute Gasteiger partial charge is 0.349 e. The molecule has 0 bridgehead atoms. The van der Waals surface area contributed by atoms with E-state index in [1.165, 1.54) is 13.1 Å². The number of nitrogens with zero attached hydrogens (tertiary/aromatic N) is 1. The van der Waals surface area contributed by atoms with Crippen molar-refractivity contribution in [3.05, 3.63) is 70.8 Å². The Morgan fingerprint density at radius 1 is 1.07 bits per heavy atom. The van der Waals surface area contributed by atoms with Gasteiger partial charge in [0.05, 0.1) is 0 Å². The molecule has 2 N–H and O–H groups in total. The summed E-state index contributed by atoms with van der Waals surface area (Å²) >= 11 is 0. The van der Waals surface area contributed by atoms with Gasteiger partial charge >= 0.3 is 5.97 Å². The molecule has 0 radical (unpaired) electrons. The third kappa shape index (κ3) is 6.31. The first-order valence-electron chi connectivity index (χ1n) is 9.35. The number of ether oxygens (including phenoxy) is 1. The van der Waals surface area contributed by atoms with Crippen LogP contribution in [-0.4, -0.2) is 31.4 Å². The fourth-order valence-electron chi connectivity index (χ4n) is 2.54. The molecule has 0 saturated carbocycles. The minimum atomic E-state index is -0.879. The van der Waals surface area contributed by atoms with Gasteiger partial charge in [-0.2, -0.15) is 5.26 Å². The van der Waals surface area contributed by atoms with Gasteiger partial charge in [-0.1, -0.05) is 38.1 Å². The number of hydrogen-bond donors (Lipinski definition) is 2. The molecule has 2 amide bonds. The molecule has 2 aromatic carbocycles. The predicted octanol–water partition coefficient (Wildman–Crippen LogP) is 3.26. The van der Waals surface area contributed by atoms with Crippen LogP contribution >= 0.6 is 0 Å². The minimum absolute atomic E-state index is 0.199. The summed E-state index contributed by atoms with van der Waals surface area (Å²) in [7, 11) is 1.52. The molecular formula is C23H23N3O4. The van der Waals surface area contributed by atoms with Crippen LogP contribution in [0.2, 0.25) is 0 Å². The van der Waals surface area contributed by atoms with Crippen molar-refractivity contribution in [2.75, 3.05) is 19.0 Å². The number of anilines is 1. The highest BCUT2D eigenvalue weighted by molar-refractivity contribution is 6.00. The number of carbonyl (C=O) groups is 3. The van der Waals surface area contributed by atoms with Gasteiger partial charge in [0, 0.05) is 18.3 Å². The maximum Gasteiger partial charge on any atom is 0.349 e. The maximum atomic E-state index is 12.1. The van der Waals surface area contributed by atoms with E-state index in [2.05, 4.69) is 24.5 Å². The third-order valence-electron chi connectivity index (χ3n) is 4.25. The largest absolute Gasteiger partial charge is 0.451 e. The summed E-state index contributed by atoms with van der Waals surface area (Å²) in [5.74, 6) is -1.30. The van der Waals surface area contributed by atoms with E-state index in [1.807, 2.05) is 24.3 Å². The molecule has 0 spiro atoms. The number of esters is 1. The Kier molecular flexibility index (Phi) is 7.89. The van der Waals surface area contributed by atoms with Crippen molar-refractivity contribution in [2.45, 2.75) is 19.8 Å². The summed E-state index contributed by atoms with van der Waals surface area (Å²) in [6.07, 6.45) is 1.42. The quantitative estimate of drug-likeness (QED) is 0.418. The lowest BCUT2D eigenvalue weighted by Crippen LogP contribution is -2.21. The Bertz CT molecular complexity index is 985. The standard InChI is InChI=1S/C23H23N3O4/c1-15(2)17-6-4-16(5-7-17)12-19(13-24)23(29)30-14-21(27)26-20-10-8-18(9-11-20)22(28)25-3/h4-12,15H,14H2,1-3H3,(H,25,28)(H,26,27)/b19-12+. The summed E-state index contributed by atoms with van der Waals surface area (Å²) in [5, 5.41) is 14.3. The SMILES string of the molecule is CNC(=O)c1ccc(NC(=O)COC(=O)/C(C#N)=C/c2ccc(C(C)C)cc2)cc1. The van der Waals surface area contributed by atoms with E-state index in [4.69, 9.17) is 4.74 Å². The summed E-state index contributed by atoms with van der Waals surface area (Å²) < 4.78 is 4.94. The lowest BCUT2D eigenvalue weighted by atomic mass is 10.0. The number of nitrogens with one attached hydrogen (secondary N) is 2. The lowest BCUT2D eigenvalue weighted by Gasteiger charge is -2.07. The number of hydrogen-bond acceptors (Lipinski definition) is 5. The normalized spacial score (nSPS) is 10.8.